The third-order valence-corrected chi connectivity index (χ3v) is 6.58. The summed E-state index contributed by atoms with van der Waals surface area (Å²) in [4.78, 5) is 28.2. The number of hydrogen-bond acceptors (Lipinski definition) is 7. The van der Waals surface area contributed by atoms with Crippen LogP contribution in [-0.4, -0.2) is 51.3 Å². The van der Waals surface area contributed by atoms with Gasteiger partial charge < -0.3 is 19.7 Å². The second-order valence-corrected chi connectivity index (χ2v) is 9.59. The van der Waals surface area contributed by atoms with E-state index in [0.29, 0.717) is 6.61 Å². The van der Waals surface area contributed by atoms with Crippen LogP contribution in [0.5, 0.6) is 0 Å². The molecule has 1 aromatic rings. The minimum atomic E-state index is -1.07. The van der Waals surface area contributed by atoms with E-state index in [2.05, 4.69) is 23.8 Å². The van der Waals surface area contributed by atoms with Crippen molar-refractivity contribution in [2.45, 2.75) is 115 Å². The Morgan fingerprint density at radius 1 is 1.06 bits per heavy atom. The largest absolute Gasteiger partial charge is 0.449 e. The van der Waals surface area contributed by atoms with E-state index in [9.17, 15) is 19.8 Å². The lowest BCUT2D eigenvalue weighted by atomic mass is 10.0. The summed E-state index contributed by atoms with van der Waals surface area (Å²) in [5, 5.41) is 21.7. The third-order valence-electron chi connectivity index (χ3n) is 6.58. The molecular formula is C27H45N3O6. The number of hydrogen-bond donors (Lipinski definition) is 3. The van der Waals surface area contributed by atoms with Gasteiger partial charge in [0.2, 0.25) is 0 Å². The summed E-state index contributed by atoms with van der Waals surface area (Å²) in [6.45, 7) is 5.90. The maximum absolute atomic E-state index is 12.4. The van der Waals surface area contributed by atoms with Crippen LogP contribution in [0.15, 0.2) is 29.2 Å². The molecule has 0 aromatic carbocycles. The summed E-state index contributed by atoms with van der Waals surface area (Å²) in [5.74, 6) is 0.0603. The van der Waals surface area contributed by atoms with Gasteiger partial charge in [-0.2, -0.15) is 4.98 Å². The molecule has 1 aliphatic heterocycles. The maximum Gasteiger partial charge on any atom is 0.412 e. The van der Waals surface area contributed by atoms with E-state index in [1.54, 1.807) is 0 Å². The second-order valence-electron chi connectivity index (χ2n) is 9.59. The number of amides is 1. The average Bonchev–Trinajstić information content (AvgIpc) is 3.15. The molecule has 9 nitrogen and oxygen atoms in total. The quantitative estimate of drug-likeness (QED) is 0.187. The molecule has 3 N–H and O–H groups in total. The summed E-state index contributed by atoms with van der Waals surface area (Å²) in [6, 6.07) is 1.43. The molecule has 0 radical (unpaired) electrons. The number of ether oxygens (including phenoxy) is 2. The number of unbranched alkanes of at least 4 members (excludes halogenated alkanes) is 13. The maximum atomic E-state index is 12.4. The molecule has 1 aliphatic rings. The van der Waals surface area contributed by atoms with Crippen molar-refractivity contribution in [2.24, 2.45) is 0 Å². The van der Waals surface area contributed by atoms with Gasteiger partial charge in [-0.05, 0) is 12.5 Å². The zero-order valence-electron chi connectivity index (χ0n) is 21.8. The number of aliphatic hydroxyl groups excluding tert-OH is 2. The van der Waals surface area contributed by atoms with Gasteiger partial charge in [0.15, 0.2) is 6.23 Å². The molecule has 3 atom stereocenters. The number of nitrogens with zero attached hydrogens (tertiary/aromatic N) is 2. The Labute approximate surface area is 214 Å². The van der Waals surface area contributed by atoms with Crippen LogP contribution in [0.1, 0.15) is 103 Å². The van der Waals surface area contributed by atoms with Crippen molar-refractivity contribution in [3.63, 3.8) is 0 Å². The van der Waals surface area contributed by atoms with Gasteiger partial charge in [-0.15, -0.1) is 0 Å². The Bertz CT molecular complexity index is 843. The molecule has 0 bridgehead atoms. The van der Waals surface area contributed by atoms with Crippen molar-refractivity contribution in [3.05, 3.63) is 34.9 Å². The first-order valence-corrected chi connectivity index (χ1v) is 13.6. The van der Waals surface area contributed by atoms with Gasteiger partial charge in [0.25, 0.3) is 0 Å². The highest BCUT2D eigenvalue weighted by Gasteiger charge is 2.38. The lowest BCUT2D eigenvalue weighted by Crippen LogP contribution is -2.29. The van der Waals surface area contributed by atoms with E-state index in [1.165, 1.54) is 82.9 Å². The first-order valence-electron chi connectivity index (χ1n) is 13.6. The van der Waals surface area contributed by atoms with Crippen LogP contribution in [0.4, 0.5) is 10.6 Å². The van der Waals surface area contributed by atoms with Gasteiger partial charge in [0, 0.05) is 11.8 Å². The van der Waals surface area contributed by atoms with Crippen molar-refractivity contribution in [3.8, 4) is 0 Å². The predicted molar refractivity (Wildman–Crippen MR) is 140 cm³/mol. The third kappa shape index (κ3) is 10.4. The lowest BCUT2D eigenvalue weighted by Gasteiger charge is -2.15. The molecule has 1 saturated heterocycles. The van der Waals surface area contributed by atoms with Crippen molar-refractivity contribution in [1.29, 1.82) is 0 Å². The highest BCUT2D eigenvalue weighted by molar-refractivity contribution is 5.83. The monoisotopic (exact) mass is 507 g/mol. The van der Waals surface area contributed by atoms with Crippen LogP contribution >= 0.6 is 0 Å². The fraction of sp³-hybridized carbons (Fsp3) is 0.741. The molecular weight excluding hydrogens is 462 g/mol. The molecule has 1 fully saturated rings. The van der Waals surface area contributed by atoms with Crippen LogP contribution in [-0.2, 0) is 9.47 Å². The van der Waals surface area contributed by atoms with E-state index in [0.717, 1.165) is 23.8 Å². The van der Waals surface area contributed by atoms with Crippen LogP contribution in [0.2, 0.25) is 0 Å². The highest BCUT2D eigenvalue weighted by atomic mass is 16.6. The summed E-state index contributed by atoms with van der Waals surface area (Å²) in [7, 11) is 0. The van der Waals surface area contributed by atoms with Gasteiger partial charge in [-0.1, -0.05) is 97.0 Å². The Morgan fingerprint density at radius 3 is 2.11 bits per heavy atom. The van der Waals surface area contributed by atoms with Gasteiger partial charge >= 0.3 is 11.8 Å². The van der Waals surface area contributed by atoms with Gasteiger partial charge in [0.1, 0.15) is 18.0 Å². The van der Waals surface area contributed by atoms with Crippen LogP contribution in [0, 0.1) is 0 Å². The van der Waals surface area contributed by atoms with Gasteiger partial charge in [-0.25, -0.2) is 9.59 Å². The Balaban J connectivity index is 1.52. The standard InChI is InChI=1S/C27H45N3O6/c1-3-4-5-6-7-8-9-10-11-12-13-14-15-16-19-35-27(34)29-23-17-18-30(26(33)28-23)25-21(2)24(32)22(20-31)36-25/h17-18,22,24-25,31-32H,2-16,19-20H2,1H3,(H,28,29,33,34)/t22-,24+,25-/m1/s1. The summed E-state index contributed by atoms with van der Waals surface area (Å²) in [6.07, 6.45) is 15.5. The molecule has 2 heterocycles. The molecule has 0 unspecified atom stereocenters. The fourth-order valence-corrected chi connectivity index (χ4v) is 4.36. The highest BCUT2D eigenvalue weighted by Crippen LogP contribution is 2.31. The van der Waals surface area contributed by atoms with Crippen molar-refractivity contribution in [2.75, 3.05) is 18.5 Å². The van der Waals surface area contributed by atoms with Crippen LogP contribution in [0.25, 0.3) is 0 Å². The second kappa shape index (κ2) is 17.3. The molecule has 2 rings (SSSR count). The molecule has 0 aliphatic carbocycles. The van der Waals surface area contributed by atoms with E-state index in [1.807, 2.05) is 0 Å². The number of anilines is 1. The van der Waals surface area contributed by atoms with E-state index < -0.39 is 36.8 Å². The molecule has 204 valence electrons. The van der Waals surface area contributed by atoms with E-state index in [-0.39, 0.29) is 11.4 Å². The number of carbonyl (C=O) groups excluding carboxylic acids is 1. The fourth-order valence-electron chi connectivity index (χ4n) is 4.36. The van der Waals surface area contributed by atoms with E-state index >= 15 is 0 Å². The molecule has 0 spiro atoms. The smallest absolute Gasteiger partial charge is 0.412 e. The summed E-state index contributed by atoms with van der Waals surface area (Å²) in [5.41, 5.74) is -0.428. The number of aromatic nitrogens is 2. The number of rotatable bonds is 18. The van der Waals surface area contributed by atoms with Crippen molar-refractivity contribution in [1.82, 2.24) is 9.55 Å². The topological polar surface area (TPSA) is 123 Å². The summed E-state index contributed by atoms with van der Waals surface area (Å²) >= 11 is 0. The predicted octanol–water partition coefficient (Wildman–Crippen LogP) is 5.08. The normalized spacial score (nSPS) is 19.5. The number of carbonyl (C=O) groups is 1. The Morgan fingerprint density at radius 2 is 1.61 bits per heavy atom. The average molecular weight is 508 g/mol. The SMILES string of the molecule is C=C1[C@H](n2ccc(NC(=O)OCCCCCCCCCCCCCCCC)nc2=O)O[C@H](CO)[C@H]1O. The zero-order chi connectivity index (χ0) is 26.2. The van der Waals surface area contributed by atoms with Gasteiger partial charge in [0.05, 0.1) is 13.2 Å². The first-order chi connectivity index (χ1) is 17.5. The molecule has 1 amide bonds. The number of aliphatic hydroxyl groups is 2. The minimum absolute atomic E-state index is 0.0603. The zero-order valence-corrected chi connectivity index (χ0v) is 21.8. The van der Waals surface area contributed by atoms with Crippen molar-refractivity contribution < 1.29 is 24.5 Å². The Kier molecular flexibility index (Phi) is 14.4. The van der Waals surface area contributed by atoms with Crippen LogP contribution < -0.4 is 11.0 Å². The van der Waals surface area contributed by atoms with Gasteiger partial charge in [-0.3, -0.25) is 9.88 Å². The number of nitrogens with one attached hydrogen (secondary N) is 1. The summed E-state index contributed by atoms with van der Waals surface area (Å²) < 4.78 is 11.8. The lowest BCUT2D eigenvalue weighted by molar-refractivity contribution is -0.0447. The molecule has 36 heavy (non-hydrogen) atoms. The van der Waals surface area contributed by atoms with E-state index in [4.69, 9.17) is 9.47 Å². The van der Waals surface area contributed by atoms with Crippen LogP contribution in [0.3, 0.4) is 0 Å². The Hall–Kier alpha value is -2.23. The van der Waals surface area contributed by atoms with Crippen molar-refractivity contribution >= 4 is 11.9 Å². The molecule has 0 saturated carbocycles. The molecule has 9 heteroatoms. The molecule has 1 aromatic heterocycles. The first kappa shape index (κ1) is 30.0. The minimum Gasteiger partial charge on any atom is -0.449 e.